The minimum absolute atomic E-state index is 0.0456. The number of nitrogens with two attached hydrogens (primary N) is 1. The molecule has 0 fully saturated rings. The molecule has 1 aromatic rings. The van der Waals surface area contributed by atoms with Gasteiger partial charge in [-0.1, -0.05) is 0 Å². The standard InChI is InChI=1S/C11H18N2O3S/c1-7(14)10-8(12)9(16-3)11(17-10)13-5-4-6-15-2/h13H,4-6,12H2,1-3H3. The summed E-state index contributed by atoms with van der Waals surface area (Å²) >= 11 is 1.33. The molecular weight excluding hydrogens is 240 g/mol. The van der Waals surface area contributed by atoms with E-state index in [4.69, 9.17) is 15.2 Å². The molecule has 0 radical (unpaired) electrons. The molecule has 0 bridgehead atoms. The fraction of sp³-hybridized carbons (Fsp3) is 0.545. The lowest BCUT2D eigenvalue weighted by Crippen LogP contribution is -2.04. The molecule has 3 N–H and O–H groups in total. The van der Waals surface area contributed by atoms with Gasteiger partial charge in [0.05, 0.1) is 17.7 Å². The summed E-state index contributed by atoms with van der Waals surface area (Å²) in [5.74, 6) is 0.508. The first-order valence-corrected chi connectivity index (χ1v) is 6.13. The quantitative estimate of drug-likeness (QED) is 0.578. The Bertz CT molecular complexity index is 390. The van der Waals surface area contributed by atoms with Gasteiger partial charge in [0.25, 0.3) is 0 Å². The monoisotopic (exact) mass is 258 g/mol. The van der Waals surface area contributed by atoms with Crippen molar-refractivity contribution >= 4 is 27.8 Å². The number of methoxy groups -OCH3 is 2. The van der Waals surface area contributed by atoms with Crippen LogP contribution in [0.4, 0.5) is 10.7 Å². The number of anilines is 2. The average molecular weight is 258 g/mol. The normalized spacial score (nSPS) is 10.3. The van der Waals surface area contributed by atoms with Crippen LogP contribution in [0.15, 0.2) is 0 Å². The number of rotatable bonds is 7. The Hall–Kier alpha value is -1.27. The van der Waals surface area contributed by atoms with E-state index in [-0.39, 0.29) is 5.78 Å². The Labute approximate surface area is 105 Å². The molecule has 0 aliphatic heterocycles. The minimum atomic E-state index is -0.0456. The Morgan fingerprint density at radius 3 is 2.71 bits per heavy atom. The van der Waals surface area contributed by atoms with Gasteiger partial charge >= 0.3 is 0 Å². The molecule has 1 heterocycles. The van der Waals surface area contributed by atoms with Crippen LogP contribution in [-0.2, 0) is 4.74 Å². The summed E-state index contributed by atoms with van der Waals surface area (Å²) in [5, 5.41) is 3.99. The van der Waals surface area contributed by atoms with E-state index in [0.29, 0.717) is 22.9 Å². The number of nitrogens with one attached hydrogen (secondary N) is 1. The van der Waals surface area contributed by atoms with Crippen molar-refractivity contribution in [2.24, 2.45) is 0 Å². The van der Waals surface area contributed by atoms with Gasteiger partial charge in [0.15, 0.2) is 11.5 Å². The summed E-state index contributed by atoms with van der Waals surface area (Å²) in [6, 6.07) is 0. The van der Waals surface area contributed by atoms with Gasteiger partial charge in [0.1, 0.15) is 5.00 Å². The van der Waals surface area contributed by atoms with Crippen LogP contribution in [0.1, 0.15) is 23.0 Å². The van der Waals surface area contributed by atoms with Crippen LogP contribution in [0.3, 0.4) is 0 Å². The van der Waals surface area contributed by atoms with Gasteiger partial charge in [-0.25, -0.2) is 0 Å². The van der Waals surface area contributed by atoms with E-state index < -0.39 is 0 Å². The summed E-state index contributed by atoms with van der Waals surface area (Å²) in [4.78, 5) is 11.9. The van der Waals surface area contributed by atoms with Gasteiger partial charge in [-0.2, -0.15) is 0 Å². The number of Topliss-reactive ketones (excluding diaryl/α,β-unsaturated/α-hetero) is 1. The van der Waals surface area contributed by atoms with Crippen LogP contribution in [0.5, 0.6) is 5.75 Å². The fourth-order valence-electron chi connectivity index (χ4n) is 1.43. The second-order valence-corrected chi connectivity index (χ2v) is 4.56. The lowest BCUT2D eigenvalue weighted by molar-refractivity contribution is 0.102. The summed E-state index contributed by atoms with van der Waals surface area (Å²) in [6.07, 6.45) is 0.882. The highest BCUT2D eigenvalue weighted by Crippen LogP contribution is 2.42. The maximum atomic E-state index is 11.4. The van der Waals surface area contributed by atoms with Gasteiger partial charge in [0, 0.05) is 27.2 Å². The van der Waals surface area contributed by atoms with Crippen molar-refractivity contribution in [2.75, 3.05) is 38.4 Å². The average Bonchev–Trinajstić information content (AvgIpc) is 2.61. The Morgan fingerprint density at radius 1 is 1.47 bits per heavy atom. The number of ether oxygens (including phenoxy) is 2. The smallest absolute Gasteiger partial charge is 0.176 e. The van der Waals surface area contributed by atoms with Crippen molar-refractivity contribution < 1.29 is 14.3 Å². The minimum Gasteiger partial charge on any atom is -0.492 e. The summed E-state index contributed by atoms with van der Waals surface area (Å²) < 4.78 is 10.2. The van der Waals surface area contributed by atoms with Gasteiger partial charge in [-0.15, -0.1) is 11.3 Å². The molecule has 0 amide bonds. The third-order valence-electron chi connectivity index (χ3n) is 2.23. The largest absolute Gasteiger partial charge is 0.492 e. The number of hydrogen-bond acceptors (Lipinski definition) is 6. The predicted molar refractivity (Wildman–Crippen MR) is 70.3 cm³/mol. The molecule has 0 atom stereocenters. The first kappa shape index (κ1) is 13.8. The second kappa shape index (κ2) is 6.46. The number of carbonyl (C=O) groups excluding carboxylic acids is 1. The molecule has 0 aliphatic rings. The molecule has 1 rings (SSSR count). The summed E-state index contributed by atoms with van der Waals surface area (Å²) in [5.41, 5.74) is 6.26. The zero-order chi connectivity index (χ0) is 12.8. The zero-order valence-corrected chi connectivity index (χ0v) is 11.1. The van der Waals surface area contributed by atoms with Crippen molar-refractivity contribution in [3.05, 3.63) is 4.88 Å². The highest BCUT2D eigenvalue weighted by Gasteiger charge is 2.18. The molecule has 0 saturated carbocycles. The van der Waals surface area contributed by atoms with Crippen molar-refractivity contribution in [1.29, 1.82) is 0 Å². The molecule has 1 aromatic heterocycles. The topological polar surface area (TPSA) is 73.6 Å². The molecule has 0 aliphatic carbocycles. The van der Waals surface area contributed by atoms with Crippen LogP contribution in [0.25, 0.3) is 0 Å². The van der Waals surface area contributed by atoms with Crippen LogP contribution in [-0.4, -0.2) is 33.2 Å². The van der Waals surface area contributed by atoms with E-state index >= 15 is 0 Å². The van der Waals surface area contributed by atoms with E-state index in [1.807, 2.05) is 0 Å². The lowest BCUT2D eigenvalue weighted by atomic mass is 10.3. The van der Waals surface area contributed by atoms with Gasteiger partial charge in [-0.3, -0.25) is 4.79 Å². The number of thiophene rings is 1. The van der Waals surface area contributed by atoms with Crippen LogP contribution >= 0.6 is 11.3 Å². The Kier molecular flexibility index (Phi) is 5.24. The van der Waals surface area contributed by atoms with Crippen LogP contribution in [0, 0.1) is 0 Å². The van der Waals surface area contributed by atoms with Gasteiger partial charge < -0.3 is 20.5 Å². The van der Waals surface area contributed by atoms with E-state index in [0.717, 1.165) is 18.0 Å². The van der Waals surface area contributed by atoms with Crippen molar-refractivity contribution in [3.63, 3.8) is 0 Å². The van der Waals surface area contributed by atoms with E-state index in [2.05, 4.69) is 5.32 Å². The zero-order valence-electron chi connectivity index (χ0n) is 10.3. The van der Waals surface area contributed by atoms with Gasteiger partial charge in [0.2, 0.25) is 0 Å². The highest BCUT2D eigenvalue weighted by molar-refractivity contribution is 7.19. The van der Waals surface area contributed by atoms with E-state index in [1.165, 1.54) is 18.3 Å². The van der Waals surface area contributed by atoms with Crippen molar-refractivity contribution in [2.45, 2.75) is 13.3 Å². The van der Waals surface area contributed by atoms with Gasteiger partial charge in [-0.05, 0) is 6.42 Å². The molecular formula is C11H18N2O3S. The van der Waals surface area contributed by atoms with Crippen LogP contribution < -0.4 is 15.8 Å². The van der Waals surface area contributed by atoms with E-state index in [9.17, 15) is 4.79 Å². The Balaban J connectivity index is 2.77. The maximum absolute atomic E-state index is 11.4. The first-order valence-electron chi connectivity index (χ1n) is 5.31. The molecule has 5 nitrogen and oxygen atoms in total. The fourth-order valence-corrected chi connectivity index (χ4v) is 2.44. The predicted octanol–water partition coefficient (Wildman–Crippen LogP) is 1.99. The first-order chi connectivity index (χ1) is 8.11. The summed E-state index contributed by atoms with van der Waals surface area (Å²) in [6.45, 7) is 2.94. The van der Waals surface area contributed by atoms with Crippen LogP contribution in [0.2, 0.25) is 0 Å². The molecule has 17 heavy (non-hydrogen) atoms. The maximum Gasteiger partial charge on any atom is 0.176 e. The molecule has 0 aromatic carbocycles. The SMILES string of the molecule is COCCCNc1sc(C(C)=O)c(N)c1OC. The molecule has 0 unspecified atom stereocenters. The molecule has 0 spiro atoms. The number of nitrogen functional groups attached to an aromatic ring is 1. The molecule has 0 saturated heterocycles. The van der Waals surface area contributed by atoms with E-state index in [1.54, 1.807) is 14.2 Å². The Morgan fingerprint density at radius 2 is 2.18 bits per heavy atom. The molecule has 6 heteroatoms. The number of ketones is 1. The lowest BCUT2D eigenvalue weighted by Gasteiger charge is -2.06. The van der Waals surface area contributed by atoms with Crippen molar-refractivity contribution in [1.82, 2.24) is 0 Å². The highest BCUT2D eigenvalue weighted by atomic mass is 32.1. The number of carbonyl (C=O) groups is 1. The summed E-state index contributed by atoms with van der Waals surface area (Å²) in [7, 11) is 3.21. The van der Waals surface area contributed by atoms with Crippen molar-refractivity contribution in [3.8, 4) is 5.75 Å². The number of hydrogen-bond donors (Lipinski definition) is 2. The second-order valence-electron chi connectivity index (χ2n) is 3.54. The third-order valence-corrected chi connectivity index (χ3v) is 3.48. The molecule has 96 valence electrons. The third kappa shape index (κ3) is 3.34.